The molecule has 4 nitrogen and oxygen atoms in total. The minimum absolute atomic E-state index is 0.569. The molecule has 0 aliphatic heterocycles. The molecule has 0 saturated heterocycles. The van der Waals surface area contributed by atoms with E-state index in [9.17, 15) is 4.79 Å². The molecular weight excluding hydrogens is 256 g/mol. The van der Waals surface area contributed by atoms with Gasteiger partial charge >= 0.3 is 5.97 Å². The number of ether oxygens (including phenoxy) is 2. The Labute approximate surface area is 120 Å². The smallest absolute Gasteiger partial charge is 0.309 e. The van der Waals surface area contributed by atoms with Crippen molar-refractivity contribution in [3.05, 3.63) is 24.3 Å². The van der Waals surface area contributed by atoms with Gasteiger partial charge in [-0.25, -0.2) is 0 Å². The molecule has 0 aliphatic rings. The molecule has 0 saturated carbocycles. The van der Waals surface area contributed by atoms with Crippen molar-refractivity contribution < 1.29 is 19.4 Å². The maximum absolute atomic E-state index is 11.0. The van der Waals surface area contributed by atoms with Gasteiger partial charge in [0.2, 0.25) is 0 Å². The zero-order valence-corrected chi connectivity index (χ0v) is 12.5. The fourth-order valence-corrected chi connectivity index (χ4v) is 1.80. The van der Waals surface area contributed by atoms with Crippen LogP contribution in [0.4, 0.5) is 0 Å². The molecule has 0 spiro atoms. The van der Waals surface area contributed by atoms with E-state index in [1.165, 1.54) is 0 Å². The maximum Gasteiger partial charge on any atom is 0.309 e. The van der Waals surface area contributed by atoms with Crippen LogP contribution in [0.2, 0.25) is 0 Å². The summed E-state index contributed by atoms with van der Waals surface area (Å²) in [4.78, 5) is 11.0. The summed E-state index contributed by atoms with van der Waals surface area (Å²) in [5.74, 6) is 0.743. The van der Waals surface area contributed by atoms with Crippen LogP contribution in [-0.4, -0.2) is 24.3 Å². The van der Waals surface area contributed by atoms with Gasteiger partial charge in [0.25, 0.3) is 0 Å². The number of carbonyl (C=O) groups is 1. The van der Waals surface area contributed by atoms with Crippen molar-refractivity contribution >= 4 is 5.97 Å². The lowest BCUT2D eigenvalue weighted by atomic mass is 9.87. The van der Waals surface area contributed by atoms with Crippen LogP contribution < -0.4 is 9.47 Å². The lowest BCUT2D eigenvalue weighted by Gasteiger charge is -2.18. The molecule has 0 heterocycles. The third kappa shape index (κ3) is 5.11. The van der Waals surface area contributed by atoms with Crippen molar-refractivity contribution in [1.29, 1.82) is 0 Å². The van der Waals surface area contributed by atoms with Crippen molar-refractivity contribution in [3.8, 4) is 11.5 Å². The molecule has 1 aromatic rings. The van der Waals surface area contributed by atoms with Gasteiger partial charge in [-0.1, -0.05) is 12.1 Å². The molecule has 0 radical (unpaired) electrons. The van der Waals surface area contributed by atoms with Crippen molar-refractivity contribution in [2.24, 2.45) is 5.41 Å². The third-order valence-electron chi connectivity index (χ3n) is 3.18. The lowest BCUT2D eigenvalue weighted by molar-refractivity contribution is -0.147. The molecule has 0 aliphatic carbocycles. The molecule has 20 heavy (non-hydrogen) atoms. The average molecular weight is 280 g/mol. The summed E-state index contributed by atoms with van der Waals surface area (Å²) < 4.78 is 11.2. The van der Waals surface area contributed by atoms with Gasteiger partial charge < -0.3 is 14.6 Å². The summed E-state index contributed by atoms with van der Waals surface area (Å²) in [6.45, 7) is 6.61. The maximum atomic E-state index is 11.0. The molecule has 4 heteroatoms. The SMILES string of the molecule is CCOc1ccccc1OCCCCC(C)(C)C(=O)O. The number of para-hydroxylation sites is 2. The van der Waals surface area contributed by atoms with Crippen LogP contribution in [-0.2, 0) is 4.79 Å². The minimum Gasteiger partial charge on any atom is -0.490 e. The summed E-state index contributed by atoms with van der Waals surface area (Å²) in [6, 6.07) is 7.58. The molecule has 0 unspecified atom stereocenters. The number of aliphatic carboxylic acids is 1. The van der Waals surface area contributed by atoms with Crippen molar-refractivity contribution in [1.82, 2.24) is 0 Å². The molecule has 1 aromatic carbocycles. The number of carboxylic acids is 1. The van der Waals surface area contributed by atoms with Crippen molar-refractivity contribution in [2.75, 3.05) is 13.2 Å². The van der Waals surface area contributed by atoms with Crippen LogP contribution in [0.25, 0.3) is 0 Å². The summed E-state index contributed by atoms with van der Waals surface area (Å²) >= 11 is 0. The Morgan fingerprint density at radius 3 is 2.30 bits per heavy atom. The molecule has 1 N–H and O–H groups in total. The van der Waals surface area contributed by atoms with E-state index < -0.39 is 11.4 Å². The van der Waals surface area contributed by atoms with E-state index in [1.807, 2.05) is 31.2 Å². The Kier molecular flexibility index (Phi) is 6.36. The Balaban J connectivity index is 2.33. The largest absolute Gasteiger partial charge is 0.490 e. The lowest BCUT2D eigenvalue weighted by Crippen LogP contribution is -2.23. The highest BCUT2D eigenvalue weighted by atomic mass is 16.5. The molecular formula is C16H24O4. The van der Waals surface area contributed by atoms with E-state index in [0.29, 0.717) is 19.6 Å². The number of unbranched alkanes of at least 4 members (excludes halogenated alkanes) is 1. The van der Waals surface area contributed by atoms with Crippen LogP contribution in [0, 0.1) is 5.41 Å². The van der Waals surface area contributed by atoms with Crippen LogP contribution >= 0.6 is 0 Å². The second-order valence-electron chi connectivity index (χ2n) is 5.37. The Bertz CT molecular complexity index is 426. The van der Waals surface area contributed by atoms with Gasteiger partial charge in [-0.3, -0.25) is 4.79 Å². The number of carboxylic acid groups (broad SMARTS) is 1. The minimum atomic E-state index is -0.750. The monoisotopic (exact) mass is 280 g/mol. The molecule has 0 amide bonds. The predicted octanol–water partition coefficient (Wildman–Crippen LogP) is 3.75. The molecule has 0 bridgehead atoms. The standard InChI is InChI=1S/C16H24O4/c1-4-19-13-9-5-6-10-14(13)20-12-8-7-11-16(2,3)15(17)18/h5-6,9-10H,4,7-8,11-12H2,1-3H3,(H,17,18). The second-order valence-corrected chi connectivity index (χ2v) is 5.37. The molecule has 112 valence electrons. The molecule has 0 aromatic heterocycles. The fraction of sp³-hybridized carbons (Fsp3) is 0.562. The summed E-state index contributed by atoms with van der Waals surface area (Å²) in [6.07, 6.45) is 2.31. The topological polar surface area (TPSA) is 55.8 Å². The fourth-order valence-electron chi connectivity index (χ4n) is 1.80. The summed E-state index contributed by atoms with van der Waals surface area (Å²) in [5, 5.41) is 9.02. The van der Waals surface area contributed by atoms with Crippen LogP contribution in [0.15, 0.2) is 24.3 Å². The van der Waals surface area contributed by atoms with Crippen molar-refractivity contribution in [3.63, 3.8) is 0 Å². The first kappa shape index (κ1) is 16.3. The number of hydrogen-bond acceptors (Lipinski definition) is 3. The first-order chi connectivity index (χ1) is 9.47. The quantitative estimate of drug-likeness (QED) is 0.700. The van der Waals surface area contributed by atoms with Gasteiger partial charge in [0, 0.05) is 0 Å². The van der Waals surface area contributed by atoms with E-state index in [2.05, 4.69) is 0 Å². The number of benzene rings is 1. The zero-order valence-electron chi connectivity index (χ0n) is 12.5. The van der Waals surface area contributed by atoms with E-state index in [-0.39, 0.29) is 0 Å². The van der Waals surface area contributed by atoms with Gasteiger partial charge in [-0.05, 0) is 52.2 Å². The summed E-state index contributed by atoms with van der Waals surface area (Å²) in [7, 11) is 0. The highest BCUT2D eigenvalue weighted by Gasteiger charge is 2.25. The van der Waals surface area contributed by atoms with Gasteiger partial charge in [-0.2, -0.15) is 0 Å². The third-order valence-corrected chi connectivity index (χ3v) is 3.18. The van der Waals surface area contributed by atoms with E-state index in [4.69, 9.17) is 14.6 Å². The molecule has 0 atom stereocenters. The number of hydrogen-bond donors (Lipinski definition) is 1. The van der Waals surface area contributed by atoms with Crippen LogP contribution in [0.1, 0.15) is 40.0 Å². The number of rotatable bonds is 9. The van der Waals surface area contributed by atoms with E-state index >= 15 is 0 Å². The van der Waals surface area contributed by atoms with Gasteiger partial charge in [0.05, 0.1) is 18.6 Å². The normalized spacial score (nSPS) is 11.2. The van der Waals surface area contributed by atoms with Gasteiger partial charge in [-0.15, -0.1) is 0 Å². The first-order valence-corrected chi connectivity index (χ1v) is 7.05. The van der Waals surface area contributed by atoms with Crippen molar-refractivity contribution in [2.45, 2.75) is 40.0 Å². The molecule has 0 fully saturated rings. The predicted molar refractivity (Wildman–Crippen MR) is 78.4 cm³/mol. The van der Waals surface area contributed by atoms with E-state index in [1.54, 1.807) is 13.8 Å². The van der Waals surface area contributed by atoms with Crippen LogP contribution in [0.3, 0.4) is 0 Å². The second kappa shape index (κ2) is 7.78. The molecule has 1 rings (SSSR count). The van der Waals surface area contributed by atoms with Gasteiger partial charge in [0.15, 0.2) is 11.5 Å². The zero-order chi connectivity index (χ0) is 15.0. The average Bonchev–Trinajstić information content (AvgIpc) is 2.40. The van der Waals surface area contributed by atoms with E-state index in [0.717, 1.165) is 24.3 Å². The Morgan fingerprint density at radius 1 is 1.15 bits per heavy atom. The summed E-state index contributed by atoms with van der Waals surface area (Å²) in [5.41, 5.74) is -0.663. The first-order valence-electron chi connectivity index (χ1n) is 7.05. The highest BCUT2D eigenvalue weighted by Crippen LogP contribution is 2.27. The van der Waals surface area contributed by atoms with Gasteiger partial charge in [0.1, 0.15) is 0 Å². The van der Waals surface area contributed by atoms with Crippen LogP contribution in [0.5, 0.6) is 11.5 Å². The Hall–Kier alpha value is -1.71. The highest BCUT2D eigenvalue weighted by molar-refractivity contribution is 5.73. The Morgan fingerprint density at radius 2 is 1.75 bits per heavy atom.